The maximum Gasteiger partial charge on any atom is 0.419 e. The fourth-order valence-corrected chi connectivity index (χ4v) is 0.493. The SMILES string of the molecule is CCOC(F)(F)C(F)(F)CC. The third-order valence-corrected chi connectivity index (χ3v) is 1.20. The third kappa shape index (κ3) is 2.32. The normalized spacial score (nSPS) is 13.6. The first-order valence-electron chi connectivity index (χ1n) is 3.27. The first kappa shape index (κ1) is 10.7. The van der Waals surface area contributed by atoms with E-state index in [1.807, 2.05) is 0 Å². The summed E-state index contributed by atoms with van der Waals surface area (Å²) in [4.78, 5) is 0. The number of hydrogen-bond acceptors (Lipinski definition) is 1. The van der Waals surface area contributed by atoms with Gasteiger partial charge in [0.25, 0.3) is 0 Å². The highest BCUT2D eigenvalue weighted by atomic mass is 19.3. The van der Waals surface area contributed by atoms with Crippen LogP contribution in [0.15, 0.2) is 0 Å². The van der Waals surface area contributed by atoms with Gasteiger partial charge in [0.1, 0.15) is 0 Å². The predicted molar refractivity (Wildman–Crippen MR) is 31.8 cm³/mol. The lowest BCUT2D eigenvalue weighted by molar-refractivity contribution is -0.346. The summed E-state index contributed by atoms with van der Waals surface area (Å²) in [6.45, 7) is 1.79. The standard InChI is InChI=1S/C6H10F4O/c1-3-5(7,8)6(9,10)11-4-2/h3-4H2,1-2H3. The van der Waals surface area contributed by atoms with Crippen molar-refractivity contribution in [1.82, 2.24) is 0 Å². The Morgan fingerprint density at radius 3 is 1.82 bits per heavy atom. The summed E-state index contributed by atoms with van der Waals surface area (Å²) >= 11 is 0. The minimum absolute atomic E-state index is 0.428. The molecule has 11 heavy (non-hydrogen) atoms. The van der Waals surface area contributed by atoms with Crippen molar-refractivity contribution in [1.29, 1.82) is 0 Å². The Morgan fingerprint density at radius 2 is 1.55 bits per heavy atom. The van der Waals surface area contributed by atoms with Crippen molar-refractivity contribution in [2.45, 2.75) is 32.3 Å². The van der Waals surface area contributed by atoms with Gasteiger partial charge in [-0.05, 0) is 6.92 Å². The van der Waals surface area contributed by atoms with Crippen molar-refractivity contribution in [3.63, 3.8) is 0 Å². The lowest BCUT2D eigenvalue weighted by Gasteiger charge is -2.24. The van der Waals surface area contributed by atoms with E-state index in [4.69, 9.17) is 0 Å². The highest BCUT2D eigenvalue weighted by Crippen LogP contribution is 2.37. The van der Waals surface area contributed by atoms with Crippen LogP contribution in [0.3, 0.4) is 0 Å². The summed E-state index contributed by atoms with van der Waals surface area (Å²) in [5.74, 6) is -4.07. The third-order valence-electron chi connectivity index (χ3n) is 1.20. The van der Waals surface area contributed by atoms with E-state index < -0.39 is 25.1 Å². The molecule has 0 atom stereocenters. The van der Waals surface area contributed by atoms with Crippen molar-refractivity contribution >= 4 is 0 Å². The van der Waals surface area contributed by atoms with Gasteiger partial charge >= 0.3 is 12.0 Å². The van der Waals surface area contributed by atoms with Gasteiger partial charge in [0.05, 0.1) is 6.61 Å². The van der Waals surface area contributed by atoms with Crippen LogP contribution < -0.4 is 0 Å². The van der Waals surface area contributed by atoms with E-state index in [2.05, 4.69) is 4.74 Å². The monoisotopic (exact) mass is 174 g/mol. The molecule has 68 valence electrons. The van der Waals surface area contributed by atoms with E-state index >= 15 is 0 Å². The second-order valence-electron chi connectivity index (χ2n) is 2.01. The van der Waals surface area contributed by atoms with E-state index in [1.165, 1.54) is 6.92 Å². The zero-order valence-electron chi connectivity index (χ0n) is 6.33. The average molecular weight is 174 g/mol. The van der Waals surface area contributed by atoms with Gasteiger partial charge in [0.15, 0.2) is 0 Å². The Morgan fingerprint density at radius 1 is 1.09 bits per heavy atom. The zero-order chi connectivity index (χ0) is 9.12. The fraction of sp³-hybridized carbons (Fsp3) is 1.00. The molecule has 0 spiro atoms. The Labute approximate surface area is 62.3 Å². The number of halogens is 4. The van der Waals surface area contributed by atoms with Crippen molar-refractivity contribution in [2.75, 3.05) is 6.61 Å². The molecule has 1 nitrogen and oxygen atoms in total. The van der Waals surface area contributed by atoms with E-state index in [0.29, 0.717) is 0 Å². The summed E-state index contributed by atoms with van der Waals surface area (Å²) in [6.07, 6.45) is -5.27. The largest absolute Gasteiger partial charge is 0.419 e. The van der Waals surface area contributed by atoms with E-state index in [0.717, 1.165) is 6.92 Å². The molecule has 0 N–H and O–H groups in total. The van der Waals surface area contributed by atoms with Crippen molar-refractivity contribution in [3.8, 4) is 0 Å². The number of rotatable bonds is 4. The fourth-order valence-electron chi connectivity index (χ4n) is 0.493. The molecule has 5 heteroatoms. The lowest BCUT2D eigenvalue weighted by atomic mass is 10.2. The van der Waals surface area contributed by atoms with Gasteiger partial charge in [0.2, 0.25) is 0 Å². The van der Waals surface area contributed by atoms with Gasteiger partial charge in [-0.15, -0.1) is 0 Å². The van der Waals surface area contributed by atoms with Crippen LogP contribution in [0.4, 0.5) is 17.6 Å². The Balaban J connectivity index is 4.26. The van der Waals surface area contributed by atoms with Gasteiger partial charge < -0.3 is 4.74 Å². The number of ether oxygens (including phenoxy) is 1. The van der Waals surface area contributed by atoms with Gasteiger partial charge in [-0.25, -0.2) is 0 Å². The quantitative estimate of drug-likeness (QED) is 0.595. The first-order valence-corrected chi connectivity index (χ1v) is 3.27. The molecule has 0 aliphatic rings. The summed E-state index contributed by atoms with van der Waals surface area (Å²) in [5, 5.41) is 0. The maximum atomic E-state index is 12.2. The van der Waals surface area contributed by atoms with Gasteiger partial charge in [-0.1, -0.05) is 6.92 Å². The highest BCUT2D eigenvalue weighted by molar-refractivity contribution is 4.74. The minimum Gasteiger partial charge on any atom is -0.316 e. The predicted octanol–water partition coefficient (Wildman–Crippen LogP) is 2.66. The Hall–Kier alpha value is -0.320. The van der Waals surface area contributed by atoms with Crippen LogP contribution in [-0.4, -0.2) is 18.6 Å². The molecule has 0 unspecified atom stereocenters. The average Bonchev–Trinajstić information content (AvgIpc) is 1.87. The zero-order valence-corrected chi connectivity index (χ0v) is 6.33. The molecule has 0 rings (SSSR count). The Bertz CT molecular complexity index is 124. The molecule has 0 bridgehead atoms. The minimum atomic E-state index is -4.34. The highest BCUT2D eigenvalue weighted by Gasteiger charge is 2.56. The van der Waals surface area contributed by atoms with Crippen LogP contribution in [0, 0.1) is 0 Å². The van der Waals surface area contributed by atoms with Crippen LogP contribution in [-0.2, 0) is 4.74 Å². The number of hydrogen-bond donors (Lipinski definition) is 0. The van der Waals surface area contributed by atoms with Gasteiger partial charge in [0, 0.05) is 6.42 Å². The van der Waals surface area contributed by atoms with E-state index in [-0.39, 0.29) is 0 Å². The van der Waals surface area contributed by atoms with Crippen LogP contribution in [0.25, 0.3) is 0 Å². The van der Waals surface area contributed by atoms with E-state index in [1.54, 1.807) is 0 Å². The lowest BCUT2D eigenvalue weighted by Crippen LogP contribution is -2.42. The molecule has 0 aliphatic heterocycles. The summed E-state index contributed by atoms with van der Waals surface area (Å²) in [5.41, 5.74) is 0. The molecular formula is C6H10F4O. The smallest absolute Gasteiger partial charge is 0.316 e. The molecule has 0 saturated heterocycles. The second-order valence-corrected chi connectivity index (χ2v) is 2.01. The summed E-state index contributed by atoms with van der Waals surface area (Å²) < 4.78 is 52.5. The van der Waals surface area contributed by atoms with Gasteiger partial charge in [-0.3, -0.25) is 0 Å². The molecule has 0 amide bonds. The van der Waals surface area contributed by atoms with Crippen molar-refractivity contribution in [2.24, 2.45) is 0 Å². The molecule has 0 aromatic heterocycles. The molecule has 0 aromatic carbocycles. The first-order chi connectivity index (χ1) is 4.87. The second kappa shape index (κ2) is 3.38. The molecule has 0 saturated carbocycles. The molecule has 0 aliphatic carbocycles. The van der Waals surface area contributed by atoms with Crippen LogP contribution in [0.1, 0.15) is 20.3 Å². The van der Waals surface area contributed by atoms with Gasteiger partial charge in [-0.2, -0.15) is 17.6 Å². The molecule has 0 heterocycles. The van der Waals surface area contributed by atoms with Crippen LogP contribution >= 0.6 is 0 Å². The molecule has 0 radical (unpaired) electrons. The van der Waals surface area contributed by atoms with Crippen LogP contribution in [0.2, 0.25) is 0 Å². The van der Waals surface area contributed by atoms with Crippen LogP contribution in [0.5, 0.6) is 0 Å². The Kier molecular flexibility index (Phi) is 3.29. The van der Waals surface area contributed by atoms with Crippen molar-refractivity contribution in [3.05, 3.63) is 0 Å². The molecule has 0 aromatic rings. The summed E-state index contributed by atoms with van der Waals surface area (Å²) in [7, 11) is 0. The maximum absolute atomic E-state index is 12.2. The summed E-state index contributed by atoms with van der Waals surface area (Å²) in [6, 6.07) is 0. The molecule has 0 fully saturated rings. The van der Waals surface area contributed by atoms with E-state index in [9.17, 15) is 17.6 Å². The number of alkyl halides is 4. The topological polar surface area (TPSA) is 9.23 Å². The van der Waals surface area contributed by atoms with Crippen molar-refractivity contribution < 1.29 is 22.3 Å². The molecular weight excluding hydrogens is 164 g/mol.